The van der Waals surface area contributed by atoms with Crippen molar-refractivity contribution in [1.82, 2.24) is 14.9 Å². The lowest BCUT2D eigenvalue weighted by molar-refractivity contribution is 0.0772. The number of nitrogens with zero attached hydrogens (tertiary/aromatic N) is 3. The van der Waals surface area contributed by atoms with E-state index in [2.05, 4.69) is 25.9 Å². The van der Waals surface area contributed by atoms with Crippen LogP contribution in [0.15, 0.2) is 41.4 Å². The maximum Gasteiger partial charge on any atom is 0.255 e. The average molecular weight is 383 g/mol. The summed E-state index contributed by atoms with van der Waals surface area (Å²) >= 11 is 9.36. The third-order valence-electron chi connectivity index (χ3n) is 3.41. The van der Waals surface area contributed by atoms with E-state index in [-0.39, 0.29) is 12.0 Å². The zero-order chi connectivity index (χ0) is 15.5. The lowest BCUT2D eigenvalue weighted by Gasteiger charge is -2.17. The number of rotatable bonds is 3. The molecule has 0 bridgehead atoms. The first-order valence-electron chi connectivity index (χ1n) is 6.79. The molecule has 1 aliphatic heterocycles. The molecule has 1 atom stereocenters. The van der Waals surface area contributed by atoms with Crippen LogP contribution in [-0.2, 0) is 0 Å². The van der Waals surface area contributed by atoms with Crippen LogP contribution in [0.1, 0.15) is 16.8 Å². The van der Waals surface area contributed by atoms with E-state index in [0.29, 0.717) is 29.4 Å². The number of likely N-dealkylation sites (tertiary alicyclic amines) is 1. The van der Waals surface area contributed by atoms with E-state index in [9.17, 15) is 4.79 Å². The fourth-order valence-electron chi connectivity index (χ4n) is 2.36. The largest absolute Gasteiger partial charge is 0.487 e. The molecule has 1 fully saturated rings. The number of pyridine rings is 2. The van der Waals surface area contributed by atoms with E-state index in [0.717, 1.165) is 10.9 Å². The normalized spacial score (nSPS) is 17.5. The van der Waals surface area contributed by atoms with E-state index in [1.54, 1.807) is 41.8 Å². The number of halogens is 2. The molecule has 0 unspecified atom stereocenters. The van der Waals surface area contributed by atoms with Gasteiger partial charge in [0.1, 0.15) is 16.9 Å². The molecule has 2 aromatic rings. The van der Waals surface area contributed by atoms with Crippen LogP contribution in [0.4, 0.5) is 0 Å². The molecule has 0 aromatic carbocycles. The van der Waals surface area contributed by atoms with Gasteiger partial charge in [-0.25, -0.2) is 0 Å². The first kappa shape index (κ1) is 15.2. The summed E-state index contributed by atoms with van der Waals surface area (Å²) in [6.45, 7) is 1.18. The second-order valence-electron chi connectivity index (χ2n) is 4.98. The molecule has 7 heteroatoms. The molecule has 1 aliphatic rings. The quantitative estimate of drug-likeness (QED) is 0.818. The summed E-state index contributed by atoms with van der Waals surface area (Å²) in [6, 6.07) is 3.49. The van der Waals surface area contributed by atoms with Gasteiger partial charge in [-0.3, -0.25) is 14.8 Å². The Balaban J connectivity index is 1.65. The molecule has 2 aromatic heterocycles. The van der Waals surface area contributed by atoms with Crippen LogP contribution in [0.5, 0.6) is 5.75 Å². The molecule has 114 valence electrons. The molecule has 3 rings (SSSR count). The zero-order valence-electron chi connectivity index (χ0n) is 11.6. The molecule has 22 heavy (non-hydrogen) atoms. The molecule has 0 radical (unpaired) electrons. The van der Waals surface area contributed by atoms with E-state index >= 15 is 0 Å². The highest BCUT2D eigenvalue weighted by Gasteiger charge is 2.28. The summed E-state index contributed by atoms with van der Waals surface area (Å²) in [5.41, 5.74) is 0.567. The fraction of sp³-hybridized carbons (Fsp3) is 0.267. The maximum atomic E-state index is 12.4. The summed E-state index contributed by atoms with van der Waals surface area (Å²) in [4.78, 5) is 22.2. The van der Waals surface area contributed by atoms with Crippen LogP contribution in [-0.4, -0.2) is 40.0 Å². The van der Waals surface area contributed by atoms with Gasteiger partial charge in [-0.1, -0.05) is 11.6 Å². The van der Waals surface area contributed by atoms with Gasteiger partial charge in [-0.15, -0.1) is 0 Å². The number of hydrogen-bond acceptors (Lipinski definition) is 4. The molecule has 0 aliphatic carbocycles. The smallest absolute Gasteiger partial charge is 0.255 e. The van der Waals surface area contributed by atoms with Gasteiger partial charge in [0.05, 0.1) is 12.1 Å². The van der Waals surface area contributed by atoms with Crippen LogP contribution >= 0.6 is 27.5 Å². The van der Waals surface area contributed by atoms with Gasteiger partial charge in [-0.2, -0.15) is 0 Å². The predicted octanol–water partition coefficient (Wildman–Crippen LogP) is 3.19. The number of amides is 1. The lowest BCUT2D eigenvalue weighted by Crippen LogP contribution is -2.31. The Labute approximate surface area is 141 Å². The maximum absolute atomic E-state index is 12.4. The average Bonchev–Trinajstić information content (AvgIpc) is 2.97. The van der Waals surface area contributed by atoms with Crippen molar-refractivity contribution < 1.29 is 9.53 Å². The highest BCUT2D eigenvalue weighted by molar-refractivity contribution is 9.10. The molecule has 1 amide bonds. The molecular weight excluding hydrogens is 370 g/mol. The first-order valence-corrected chi connectivity index (χ1v) is 7.96. The fourth-order valence-corrected chi connectivity index (χ4v) is 2.89. The minimum Gasteiger partial charge on any atom is -0.487 e. The second kappa shape index (κ2) is 6.62. The second-order valence-corrected chi connectivity index (χ2v) is 6.30. The van der Waals surface area contributed by atoms with E-state index in [1.165, 1.54) is 0 Å². The van der Waals surface area contributed by atoms with E-state index in [1.807, 2.05) is 0 Å². The topological polar surface area (TPSA) is 55.3 Å². The summed E-state index contributed by atoms with van der Waals surface area (Å²) in [5, 5.41) is 0.475. The van der Waals surface area contributed by atoms with Gasteiger partial charge in [0, 0.05) is 48.3 Å². The summed E-state index contributed by atoms with van der Waals surface area (Å²) in [5.74, 6) is 0.556. The SMILES string of the molecule is O=C(c1cncc(Br)c1)N1CC[C@@H](Oc2ccncc2Cl)C1. The van der Waals surface area contributed by atoms with Gasteiger partial charge in [0.25, 0.3) is 5.91 Å². The molecule has 3 heterocycles. The van der Waals surface area contributed by atoms with Gasteiger partial charge in [0.15, 0.2) is 0 Å². The summed E-state index contributed by atoms with van der Waals surface area (Å²) < 4.78 is 6.64. The first-order chi connectivity index (χ1) is 10.6. The number of carbonyl (C=O) groups is 1. The summed E-state index contributed by atoms with van der Waals surface area (Å²) in [7, 11) is 0. The van der Waals surface area contributed by atoms with Gasteiger partial charge in [0.2, 0.25) is 0 Å². The van der Waals surface area contributed by atoms with E-state index in [4.69, 9.17) is 16.3 Å². The highest BCUT2D eigenvalue weighted by atomic mass is 79.9. The van der Waals surface area contributed by atoms with Crippen molar-refractivity contribution in [1.29, 1.82) is 0 Å². The number of carbonyl (C=O) groups excluding carboxylic acids is 1. The Morgan fingerprint density at radius 3 is 3.00 bits per heavy atom. The van der Waals surface area contributed by atoms with Crippen molar-refractivity contribution in [2.75, 3.05) is 13.1 Å². The van der Waals surface area contributed by atoms with Crippen LogP contribution in [0.2, 0.25) is 5.02 Å². The Morgan fingerprint density at radius 2 is 2.23 bits per heavy atom. The molecule has 0 N–H and O–H groups in total. The standard InChI is InChI=1S/C15H13BrClN3O2/c16-11-5-10(6-19-7-11)15(21)20-4-2-12(9-20)22-14-1-3-18-8-13(14)17/h1,3,5-8,12H,2,4,9H2/t12-/m1/s1. The van der Waals surface area contributed by atoms with Crippen LogP contribution < -0.4 is 4.74 Å². The molecule has 0 spiro atoms. The van der Waals surface area contributed by atoms with Crippen molar-refractivity contribution in [3.63, 3.8) is 0 Å². The van der Waals surface area contributed by atoms with Crippen molar-refractivity contribution in [3.05, 3.63) is 52.0 Å². The Bertz CT molecular complexity index is 698. The summed E-state index contributed by atoms with van der Waals surface area (Å²) in [6.07, 6.45) is 7.10. The monoisotopic (exact) mass is 381 g/mol. The van der Waals surface area contributed by atoms with Crippen LogP contribution in [0.25, 0.3) is 0 Å². The van der Waals surface area contributed by atoms with Crippen molar-refractivity contribution in [2.45, 2.75) is 12.5 Å². The molecule has 5 nitrogen and oxygen atoms in total. The van der Waals surface area contributed by atoms with Crippen molar-refractivity contribution >= 4 is 33.4 Å². The number of aromatic nitrogens is 2. The predicted molar refractivity (Wildman–Crippen MR) is 86.1 cm³/mol. The molecule has 0 saturated carbocycles. The van der Waals surface area contributed by atoms with Gasteiger partial charge in [-0.05, 0) is 22.0 Å². The Hall–Kier alpha value is -1.66. The van der Waals surface area contributed by atoms with Crippen molar-refractivity contribution in [2.24, 2.45) is 0 Å². The zero-order valence-corrected chi connectivity index (χ0v) is 13.9. The molecule has 1 saturated heterocycles. The number of hydrogen-bond donors (Lipinski definition) is 0. The molecular formula is C15H13BrClN3O2. The van der Waals surface area contributed by atoms with Crippen LogP contribution in [0.3, 0.4) is 0 Å². The lowest BCUT2D eigenvalue weighted by atomic mass is 10.2. The van der Waals surface area contributed by atoms with Crippen molar-refractivity contribution in [3.8, 4) is 5.75 Å². The minimum absolute atomic E-state index is 0.0410. The van der Waals surface area contributed by atoms with Crippen LogP contribution in [0, 0.1) is 0 Å². The van der Waals surface area contributed by atoms with Gasteiger partial charge >= 0.3 is 0 Å². The minimum atomic E-state index is -0.0658. The Kier molecular flexibility index (Phi) is 4.59. The van der Waals surface area contributed by atoms with Gasteiger partial charge < -0.3 is 9.64 Å². The number of ether oxygens (including phenoxy) is 1. The highest BCUT2D eigenvalue weighted by Crippen LogP contribution is 2.26. The Morgan fingerprint density at radius 1 is 1.36 bits per heavy atom. The van der Waals surface area contributed by atoms with E-state index < -0.39 is 0 Å². The third-order valence-corrected chi connectivity index (χ3v) is 4.13. The third kappa shape index (κ3) is 3.39.